The molecule has 7 bridgehead atoms. The highest BCUT2D eigenvalue weighted by Crippen LogP contribution is 2.55. The van der Waals surface area contributed by atoms with Gasteiger partial charge in [0, 0.05) is 17.6 Å². The number of benzene rings is 4. The SMILES string of the molecule is Oc1ccc2cc1Oc1ccc(cc1)CC1NCCc3cc(O)c4c(c31)Oc1cc3c(cc1O4)CCNC3C2. The summed E-state index contributed by atoms with van der Waals surface area (Å²) in [4.78, 5) is 0. The van der Waals surface area contributed by atoms with Gasteiger partial charge in [-0.1, -0.05) is 18.2 Å². The number of phenols is 2. The maximum atomic E-state index is 10.9. The van der Waals surface area contributed by atoms with E-state index in [9.17, 15) is 10.2 Å². The Morgan fingerprint density at radius 2 is 1.33 bits per heavy atom. The topological polar surface area (TPSA) is 92.2 Å². The Bertz CT molecular complexity index is 1630. The predicted octanol–water partition coefficient (Wildman–Crippen LogP) is 5.96. The molecule has 9 rings (SSSR count). The molecule has 5 aliphatic rings. The minimum atomic E-state index is -0.00771. The minimum Gasteiger partial charge on any atom is -0.504 e. The number of ether oxygens (including phenoxy) is 3. The number of aromatic hydroxyl groups is 2. The highest BCUT2D eigenvalue weighted by molar-refractivity contribution is 5.67. The van der Waals surface area contributed by atoms with Crippen LogP contribution in [0.4, 0.5) is 0 Å². The quantitative estimate of drug-likeness (QED) is 0.200. The van der Waals surface area contributed by atoms with Crippen LogP contribution in [0, 0.1) is 0 Å². The zero-order chi connectivity index (χ0) is 26.1. The van der Waals surface area contributed by atoms with E-state index >= 15 is 0 Å². The van der Waals surface area contributed by atoms with Crippen molar-refractivity contribution < 1.29 is 24.4 Å². The van der Waals surface area contributed by atoms with Crippen LogP contribution in [0.15, 0.2) is 60.7 Å². The van der Waals surface area contributed by atoms with Gasteiger partial charge in [0.05, 0.1) is 0 Å². The van der Waals surface area contributed by atoms with E-state index in [4.69, 9.17) is 14.2 Å². The molecule has 2 unspecified atom stereocenters. The second-order valence-corrected chi connectivity index (χ2v) is 10.8. The first-order valence-corrected chi connectivity index (χ1v) is 13.6. The molecule has 4 N–H and O–H groups in total. The van der Waals surface area contributed by atoms with E-state index in [1.54, 1.807) is 6.07 Å². The number of hydrogen-bond acceptors (Lipinski definition) is 7. The van der Waals surface area contributed by atoms with Gasteiger partial charge in [0.2, 0.25) is 5.75 Å². The zero-order valence-corrected chi connectivity index (χ0v) is 21.3. The van der Waals surface area contributed by atoms with Gasteiger partial charge in [-0.2, -0.15) is 0 Å². The molecule has 0 saturated carbocycles. The first-order chi connectivity index (χ1) is 19.1. The lowest BCUT2D eigenvalue weighted by atomic mass is 9.88. The Morgan fingerprint density at radius 1 is 0.615 bits per heavy atom. The summed E-state index contributed by atoms with van der Waals surface area (Å²) in [5.41, 5.74) is 6.66. The van der Waals surface area contributed by atoms with Gasteiger partial charge in [0.1, 0.15) is 5.75 Å². The first-order valence-electron chi connectivity index (χ1n) is 13.6. The molecule has 4 aromatic carbocycles. The monoisotopic (exact) mass is 520 g/mol. The van der Waals surface area contributed by atoms with Crippen molar-refractivity contribution in [3.63, 3.8) is 0 Å². The molecule has 196 valence electrons. The van der Waals surface area contributed by atoms with Crippen LogP contribution in [0.2, 0.25) is 0 Å². The van der Waals surface area contributed by atoms with Crippen molar-refractivity contribution in [2.75, 3.05) is 13.1 Å². The Morgan fingerprint density at radius 3 is 2.21 bits per heavy atom. The van der Waals surface area contributed by atoms with Crippen LogP contribution >= 0.6 is 0 Å². The molecule has 7 nitrogen and oxygen atoms in total. The number of nitrogens with one attached hydrogen (secondary N) is 2. The summed E-state index contributed by atoms with van der Waals surface area (Å²) in [6.07, 6.45) is 3.13. The summed E-state index contributed by atoms with van der Waals surface area (Å²) in [6.45, 7) is 1.65. The highest BCUT2D eigenvalue weighted by Gasteiger charge is 2.34. The van der Waals surface area contributed by atoms with Crippen LogP contribution < -0.4 is 24.8 Å². The molecule has 4 aromatic rings. The van der Waals surface area contributed by atoms with Gasteiger partial charge >= 0.3 is 0 Å². The summed E-state index contributed by atoms with van der Waals surface area (Å²) in [6, 6.07) is 19.6. The molecule has 2 atom stereocenters. The first kappa shape index (κ1) is 22.8. The van der Waals surface area contributed by atoms with E-state index in [1.807, 2.05) is 30.3 Å². The van der Waals surface area contributed by atoms with Crippen LogP contribution in [-0.2, 0) is 25.7 Å². The van der Waals surface area contributed by atoms with Crippen molar-refractivity contribution in [3.05, 3.63) is 94.0 Å². The molecule has 0 radical (unpaired) electrons. The lowest BCUT2D eigenvalue weighted by Gasteiger charge is -2.34. The standard InChI is InChI=1S/C32H28N2O5/c35-25-6-3-18-12-23-22-16-29-28(15-19(22)7-9-33-23)38-31-26(36)14-20-8-10-34-24(30(20)32(31)39-29)11-17-1-4-21(5-2-17)37-27(25)13-18/h1-6,13-16,23-24,33-36H,7-12H2. The Hall–Kier alpha value is -4.20. The van der Waals surface area contributed by atoms with Crippen LogP contribution in [0.5, 0.6) is 46.0 Å². The number of phenolic OH excluding ortho intramolecular Hbond substituents is 2. The maximum absolute atomic E-state index is 10.9. The summed E-state index contributed by atoms with van der Waals surface area (Å²) >= 11 is 0. The molecule has 0 aliphatic carbocycles. The summed E-state index contributed by atoms with van der Waals surface area (Å²) in [7, 11) is 0. The maximum Gasteiger partial charge on any atom is 0.212 e. The van der Waals surface area contributed by atoms with Crippen molar-refractivity contribution >= 4 is 0 Å². The molecular weight excluding hydrogens is 492 g/mol. The Balaban J connectivity index is 1.31. The Kier molecular flexibility index (Phi) is 5.05. The van der Waals surface area contributed by atoms with E-state index in [0.717, 1.165) is 61.0 Å². The molecule has 0 spiro atoms. The van der Waals surface area contributed by atoms with Gasteiger partial charge < -0.3 is 35.1 Å². The smallest absolute Gasteiger partial charge is 0.212 e. The van der Waals surface area contributed by atoms with Crippen LogP contribution in [-0.4, -0.2) is 23.3 Å². The van der Waals surface area contributed by atoms with E-state index in [-0.39, 0.29) is 23.6 Å². The summed E-state index contributed by atoms with van der Waals surface area (Å²) in [5.74, 6) is 3.60. The van der Waals surface area contributed by atoms with Crippen LogP contribution in [0.25, 0.3) is 0 Å². The fourth-order valence-electron chi connectivity index (χ4n) is 6.41. The molecule has 0 aromatic heterocycles. The number of fused-ring (bicyclic) bond motifs is 2. The third-order valence-electron chi connectivity index (χ3n) is 8.32. The fourth-order valence-corrected chi connectivity index (χ4v) is 6.41. The molecular formula is C32H28N2O5. The van der Waals surface area contributed by atoms with Crippen LogP contribution in [0.1, 0.15) is 45.5 Å². The van der Waals surface area contributed by atoms with Gasteiger partial charge in [-0.05, 0) is 109 Å². The second kappa shape index (κ2) is 8.66. The number of hydrogen-bond donors (Lipinski definition) is 4. The lowest BCUT2D eigenvalue weighted by Crippen LogP contribution is -2.32. The normalized spacial score (nSPS) is 20.3. The van der Waals surface area contributed by atoms with Crippen molar-refractivity contribution in [1.82, 2.24) is 10.6 Å². The predicted molar refractivity (Wildman–Crippen MR) is 146 cm³/mol. The Labute approximate surface area is 226 Å². The van der Waals surface area contributed by atoms with Crippen molar-refractivity contribution in [1.29, 1.82) is 0 Å². The van der Waals surface area contributed by atoms with E-state index < -0.39 is 0 Å². The largest absolute Gasteiger partial charge is 0.504 e. The number of rotatable bonds is 0. The van der Waals surface area contributed by atoms with Gasteiger partial charge in [-0.15, -0.1) is 0 Å². The molecule has 5 aliphatic heterocycles. The molecule has 0 saturated heterocycles. The van der Waals surface area contributed by atoms with E-state index in [0.29, 0.717) is 34.5 Å². The van der Waals surface area contributed by atoms with Gasteiger partial charge in [-0.3, -0.25) is 0 Å². The molecule has 0 amide bonds. The summed E-state index contributed by atoms with van der Waals surface area (Å²) in [5, 5.41) is 28.8. The molecule has 0 fully saturated rings. The second-order valence-electron chi connectivity index (χ2n) is 10.8. The van der Waals surface area contributed by atoms with Gasteiger partial charge in [0.25, 0.3) is 0 Å². The third-order valence-corrected chi connectivity index (χ3v) is 8.32. The molecule has 39 heavy (non-hydrogen) atoms. The van der Waals surface area contributed by atoms with E-state index in [2.05, 4.69) is 34.9 Å². The van der Waals surface area contributed by atoms with Crippen molar-refractivity contribution in [3.8, 4) is 46.0 Å². The van der Waals surface area contributed by atoms with E-state index in [1.165, 1.54) is 11.1 Å². The zero-order valence-electron chi connectivity index (χ0n) is 21.3. The average Bonchev–Trinajstić information content (AvgIpc) is 2.94. The average molecular weight is 521 g/mol. The molecule has 7 heteroatoms. The fraction of sp³-hybridized carbons (Fsp3) is 0.250. The minimum absolute atomic E-state index is 0.00771. The van der Waals surface area contributed by atoms with Gasteiger partial charge in [-0.25, -0.2) is 0 Å². The highest BCUT2D eigenvalue weighted by atomic mass is 16.6. The van der Waals surface area contributed by atoms with Crippen LogP contribution in [0.3, 0.4) is 0 Å². The summed E-state index contributed by atoms with van der Waals surface area (Å²) < 4.78 is 19.1. The van der Waals surface area contributed by atoms with Crippen molar-refractivity contribution in [2.45, 2.75) is 37.8 Å². The molecule has 5 heterocycles. The lowest BCUT2D eigenvalue weighted by molar-refractivity contribution is 0.325. The van der Waals surface area contributed by atoms with Gasteiger partial charge in [0.15, 0.2) is 34.5 Å². The third kappa shape index (κ3) is 3.80. The van der Waals surface area contributed by atoms with Crippen molar-refractivity contribution in [2.24, 2.45) is 0 Å².